The summed E-state index contributed by atoms with van der Waals surface area (Å²) < 4.78 is 15.1. The van der Waals surface area contributed by atoms with Crippen LogP contribution < -0.4 is 4.74 Å². The number of piperidine rings is 1. The Morgan fingerprint density at radius 3 is 2.93 bits per heavy atom. The molecule has 0 unspecified atom stereocenters. The molecular weight excluding hydrogens is 362 g/mol. The fourth-order valence-corrected chi connectivity index (χ4v) is 5.25. The van der Waals surface area contributed by atoms with E-state index in [4.69, 9.17) is 21.1 Å². The van der Waals surface area contributed by atoms with Crippen LogP contribution in [0.4, 0.5) is 0 Å². The zero-order valence-corrected chi connectivity index (χ0v) is 16.5. The standard InChI is InChI=1S/C21H26ClN3O2/c1-24-11-8-23-19(24)14-25-9-6-21(7-10-25)17-3-2-12-26-20(17)16-13-15(22)4-5-18(16)27-21/h4-5,8,11,13,17,20H,2-3,6-7,9-10,12,14H2,1H3/t17-,20+/m0/s1. The molecular formula is C21H26ClN3O2. The van der Waals surface area contributed by atoms with E-state index in [1.54, 1.807) is 0 Å². The van der Waals surface area contributed by atoms with Crippen LogP contribution in [0, 0.1) is 5.92 Å². The van der Waals surface area contributed by atoms with Crippen molar-refractivity contribution < 1.29 is 9.47 Å². The summed E-state index contributed by atoms with van der Waals surface area (Å²) in [5.41, 5.74) is 1.01. The number of fused-ring (bicyclic) bond motifs is 4. The Morgan fingerprint density at radius 2 is 2.15 bits per heavy atom. The molecule has 5 nitrogen and oxygen atoms in total. The van der Waals surface area contributed by atoms with Gasteiger partial charge < -0.3 is 14.0 Å². The van der Waals surface area contributed by atoms with Crippen LogP contribution in [0.1, 0.15) is 43.2 Å². The number of aromatic nitrogens is 2. The summed E-state index contributed by atoms with van der Waals surface area (Å²) in [5.74, 6) is 2.49. The van der Waals surface area contributed by atoms with Crippen LogP contribution in [-0.2, 0) is 18.3 Å². The van der Waals surface area contributed by atoms with Gasteiger partial charge in [0.15, 0.2) is 0 Å². The van der Waals surface area contributed by atoms with E-state index in [0.29, 0.717) is 5.92 Å². The van der Waals surface area contributed by atoms with Gasteiger partial charge in [-0.3, -0.25) is 4.90 Å². The highest BCUT2D eigenvalue weighted by molar-refractivity contribution is 6.30. The second-order valence-electron chi connectivity index (χ2n) is 8.12. The van der Waals surface area contributed by atoms with Crippen molar-refractivity contribution in [1.82, 2.24) is 14.5 Å². The first kappa shape index (κ1) is 17.5. The largest absolute Gasteiger partial charge is 0.486 e. The Labute approximate surface area is 165 Å². The SMILES string of the molecule is Cn1ccnc1CN1CCC2(CC1)Oc1ccc(Cl)cc1[C@H]1OCCC[C@@H]12. The molecule has 3 aliphatic heterocycles. The lowest BCUT2D eigenvalue weighted by Crippen LogP contribution is -2.57. The fraction of sp³-hybridized carbons (Fsp3) is 0.571. The third-order valence-electron chi connectivity index (χ3n) is 6.58. The number of aryl methyl sites for hydroxylation is 1. The molecule has 0 radical (unpaired) electrons. The van der Waals surface area contributed by atoms with Gasteiger partial charge in [-0.15, -0.1) is 0 Å². The second kappa shape index (κ2) is 6.80. The van der Waals surface area contributed by atoms with Crippen LogP contribution in [-0.4, -0.2) is 39.7 Å². The molecule has 2 aromatic rings. The topological polar surface area (TPSA) is 39.5 Å². The summed E-state index contributed by atoms with van der Waals surface area (Å²) in [6, 6.07) is 5.98. The molecule has 1 spiro atoms. The lowest BCUT2D eigenvalue weighted by molar-refractivity contribution is -0.150. The monoisotopic (exact) mass is 387 g/mol. The van der Waals surface area contributed by atoms with E-state index < -0.39 is 0 Å². The predicted molar refractivity (Wildman–Crippen MR) is 104 cm³/mol. The number of hydrogen-bond acceptors (Lipinski definition) is 4. The molecule has 2 fully saturated rings. The third-order valence-corrected chi connectivity index (χ3v) is 6.81. The van der Waals surface area contributed by atoms with E-state index in [0.717, 1.165) is 74.1 Å². The first-order valence-corrected chi connectivity index (χ1v) is 10.3. The lowest BCUT2D eigenvalue weighted by atomic mass is 9.70. The summed E-state index contributed by atoms with van der Waals surface area (Å²) in [6.07, 6.45) is 8.33. The average Bonchev–Trinajstić information content (AvgIpc) is 3.09. The van der Waals surface area contributed by atoms with E-state index >= 15 is 0 Å². The number of nitrogens with zero attached hydrogens (tertiary/aromatic N) is 3. The molecule has 0 bridgehead atoms. The summed E-state index contributed by atoms with van der Waals surface area (Å²) >= 11 is 6.26. The summed E-state index contributed by atoms with van der Waals surface area (Å²) in [7, 11) is 2.06. The molecule has 2 atom stereocenters. The quantitative estimate of drug-likeness (QED) is 0.781. The van der Waals surface area contributed by atoms with Gasteiger partial charge >= 0.3 is 0 Å². The number of ether oxygens (including phenoxy) is 2. The van der Waals surface area contributed by atoms with Crippen LogP contribution in [0.2, 0.25) is 5.02 Å². The molecule has 4 heterocycles. The van der Waals surface area contributed by atoms with Crippen LogP contribution in [0.15, 0.2) is 30.6 Å². The molecule has 1 aromatic carbocycles. The molecule has 1 aromatic heterocycles. The van der Waals surface area contributed by atoms with Crippen LogP contribution in [0.3, 0.4) is 0 Å². The first-order valence-electron chi connectivity index (χ1n) is 9.93. The zero-order valence-electron chi connectivity index (χ0n) is 15.7. The fourth-order valence-electron chi connectivity index (χ4n) is 5.07. The molecule has 5 rings (SSSR count). The van der Waals surface area contributed by atoms with Gasteiger partial charge in [-0.1, -0.05) is 11.6 Å². The number of likely N-dealkylation sites (tertiary alicyclic amines) is 1. The highest BCUT2D eigenvalue weighted by Crippen LogP contribution is 2.53. The van der Waals surface area contributed by atoms with E-state index in [2.05, 4.69) is 21.5 Å². The van der Waals surface area contributed by atoms with Crippen molar-refractivity contribution >= 4 is 11.6 Å². The average molecular weight is 388 g/mol. The minimum atomic E-state index is -0.121. The van der Waals surface area contributed by atoms with Crippen LogP contribution in [0.25, 0.3) is 0 Å². The van der Waals surface area contributed by atoms with E-state index in [-0.39, 0.29) is 11.7 Å². The molecule has 3 aliphatic rings. The smallest absolute Gasteiger partial charge is 0.126 e. The first-order chi connectivity index (χ1) is 13.1. The van der Waals surface area contributed by atoms with E-state index in [1.807, 2.05) is 30.6 Å². The molecule has 0 amide bonds. The Morgan fingerprint density at radius 1 is 1.30 bits per heavy atom. The van der Waals surface area contributed by atoms with Crippen molar-refractivity contribution in [2.24, 2.45) is 13.0 Å². The molecule has 27 heavy (non-hydrogen) atoms. The van der Waals surface area contributed by atoms with Gasteiger partial charge in [-0.25, -0.2) is 4.98 Å². The molecule has 144 valence electrons. The maximum Gasteiger partial charge on any atom is 0.126 e. The maximum atomic E-state index is 6.71. The Hall–Kier alpha value is -1.56. The van der Waals surface area contributed by atoms with Crippen molar-refractivity contribution in [3.8, 4) is 5.75 Å². The van der Waals surface area contributed by atoms with Gasteiger partial charge in [0.1, 0.15) is 17.2 Å². The zero-order chi connectivity index (χ0) is 18.4. The van der Waals surface area contributed by atoms with Gasteiger partial charge in [-0.2, -0.15) is 0 Å². The van der Waals surface area contributed by atoms with Crippen molar-refractivity contribution in [3.63, 3.8) is 0 Å². The Balaban J connectivity index is 1.38. The number of imidazole rings is 1. The van der Waals surface area contributed by atoms with Crippen molar-refractivity contribution in [2.75, 3.05) is 19.7 Å². The maximum absolute atomic E-state index is 6.71. The summed E-state index contributed by atoms with van der Waals surface area (Å²) in [4.78, 5) is 6.97. The van der Waals surface area contributed by atoms with E-state index in [1.165, 1.54) is 0 Å². The molecule has 6 heteroatoms. The second-order valence-corrected chi connectivity index (χ2v) is 8.56. The number of benzene rings is 1. The highest BCUT2D eigenvalue weighted by Gasteiger charge is 2.52. The molecule has 0 saturated carbocycles. The number of hydrogen-bond donors (Lipinski definition) is 0. The van der Waals surface area contributed by atoms with Gasteiger partial charge in [0.2, 0.25) is 0 Å². The summed E-state index contributed by atoms with van der Waals surface area (Å²) in [5, 5.41) is 0.756. The third kappa shape index (κ3) is 3.06. The predicted octanol–water partition coefficient (Wildman–Crippen LogP) is 3.97. The van der Waals surface area contributed by atoms with Gasteiger partial charge in [0, 0.05) is 68.5 Å². The lowest BCUT2D eigenvalue weighted by Gasteiger charge is -2.53. The van der Waals surface area contributed by atoms with Crippen LogP contribution in [0.5, 0.6) is 5.75 Å². The normalized spacial score (nSPS) is 27.0. The molecule has 0 N–H and O–H groups in total. The molecule has 2 saturated heterocycles. The number of rotatable bonds is 2. The van der Waals surface area contributed by atoms with Crippen molar-refractivity contribution in [3.05, 3.63) is 47.0 Å². The van der Waals surface area contributed by atoms with Crippen molar-refractivity contribution in [2.45, 2.75) is 43.9 Å². The minimum absolute atomic E-state index is 0.113. The van der Waals surface area contributed by atoms with E-state index in [9.17, 15) is 0 Å². The Bertz CT molecular complexity index is 829. The Kier molecular flexibility index (Phi) is 4.42. The minimum Gasteiger partial charge on any atom is -0.486 e. The summed E-state index contributed by atoms with van der Waals surface area (Å²) in [6.45, 7) is 3.78. The van der Waals surface area contributed by atoms with Gasteiger partial charge in [0.05, 0.1) is 12.6 Å². The molecule has 0 aliphatic carbocycles. The highest BCUT2D eigenvalue weighted by atomic mass is 35.5. The van der Waals surface area contributed by atoms with Crippen molar-refractivity contribution in [1.29, 1.82) is 0 Å². The van der Waals surface area contributed by atoms with Gasteiger partial charge in [0.25, 0.3) is 0 Å². The van der Waals surface area contributed by atoms with Crippen LogP contribution >= 0.6 is 11.6 Å². The van der Waals surface area contributed by atoms with Gasteiger partial charge in [-0.05, 0) is 31.0 Å². The number of halogens is 1.